The van der Waals surface area contributed by atoms with E-state index in [2.05, 4.69) is 5.32 Å². The number of benzene rings is 2. The van der Waals surface area contributed by atoms with Crippen LogP contribution >= 0.6 is 34.8 Å². The molecule has 0 bridgehead atoms. The van der Waals surface area contributed by atoms with Gasteiger partial charge in [-0.15, -0.1) is 0 Å². The van der Waals surface area contributed by atoms with Gasteiger partial charge in [-0.25, -0.2) is 0 Å². The SMILES string of the molecule is CC[C@@H](C(=O)NC1CCCC1)N(Cc1c(Cl)cccc1Cl)C(=O)CCc1ccccc1Cl. The Morgan fingerprint density at radius 1 is 1.00 bits per heavy atom. The standard InChI is InChI=1S/C25H29Cl3N2O2/c1-2-23(25(32)29-18-9-4-5-10-18)30(16-19-21(27)12-7-13-22(19)28)24(31)15-14-17-8-3-6-11-20(17)26/h3,6-8,11-13,18,23H,2,4-5,9-10,14-16H2,1H3,(H,29,32)/t23-/m0/s1. The van der Waals surface area contributed by atoms with Gasteiger partial charge >= 0.3 is 0 Å². The maximum Gasteiger partial charge on any atom is 0.243 e. The van der Waals surface area contributed by atoms with Gasteiger partial charge in [0.05, 0.1) is 0 Å². The predicted octanol–water partition coefficient (Wildman–Crippen LogP) is 6.45. The summed E-state index contributed by atoms with van der Waals surface area (Å²) in [7, 11) is 0. The molecule has 0 aromatic heterocycles. The van der Waals surface area contributed by atoms with Gasteiger partial charge in [0.1, 0.15) is 6.04 Å². The van der Waals surface area contributed by atoms with Crippen LogP contribution in [-0.2, 0) is 22.6 Å². The lowest BCUT2D eigenvalue weighted by Gasteiger charge is -2.32. The Balaban J connectivity index is 1.82. The van der Waals surface area contributed by atoms with Crippen LogP contribution in [0.1, 0.15) is 56.6 Å². The molecular formula is C25H29Cl3N2O2. The van der Waals surface area contributed by atoms with Gasteiger partial charge in [-0.2, -0.15) is 0 Å². The van der Waals surface area contributed by atoms with Gasteiger partial charge in [-0.05, 0) is 49.4 Å². The van der Waals surface area contributed by atoms with Crippen LogP contribution in [0.4, 0.5) is 0 Å². The molecule has 1 saturated carbocycles. The lowest BCUT2D eigenvalue weighted by Crippen LogP contribution is -2.51. The Morgan fingerprint density at radius 2 is 1.62 bits per heavy atom. The van der Waals surface area contributed by atoms with Crippen molar-refractivity contribution in [3.05, 3.63) is 68.7 Å². The molecule has 1 aliphatic rings. The van der Waals surface area contributed by atoms with E-state index < -0.39 is 6.04 Å². The van der Waals surface area contributed by atoms with E-state index in [0.29, 0.717) is 33.5 Å². The number of aryl methyl sites for hydroxylation is 1. The van der Waals surface area contributed by atoms with Crippen molar-refractivity contribution in [2.45, 2.75) is 70.5 Å². The van der Waals surface area contributed by atoms with E-state index in [-0.39, 0.29) is 30.8 Å². The number of nitrogens with zero attached hydrogens (tertiary/aromatic N) is 1. The highest BCUT2D eigenvalue weighted by Gasteiger charge is 2.31. The van der Waals surface area contributed by atoms with Gasteiger partial charge in [0.2, 0.25) is 11.8 Å². The summed E-state index contributed by atoms with van der Waals surface area (Å²) >= 11 is 19.1. The van der Waals surface area contributed by atoms with Crippen molar-refractivity contribution in [2.24, 2.45) is 0 Å². The quantitative estimate of drug-likeness (QED) is 0.435. The smallest absolute Gasteiger partial charge is 0.243 e. The summed E-state index contributed by atoms with van der Waals surface area (Å²) in [5, 5.41) is 4.73. The van der Waals surface area contributed by atoms with Crippen molar-refractivity contribution < 1.29 is 9.59 Å². The van der Waals surface area contributed by atoms with E-state index in [9.17, 15) is 9.59 Å². The fourth-order valence-corrected chi connectivity index (χ4v) is 4.97. The van der Waals surface area contributed by atoms with E-state index >= 15 is 0 Å². The summed E-state index contributed by atoms with van der Waals surface area (Å²) < 4.78 is 0. The maximum atomic E-state index is 13.4. The van der Waals surface area contributed by atoms with E-state index in [1.807, 2.05) is 31.2 Å². The van der Waals surface area contributed by atoms with Crippen LogP contribution in [0, 0.1) is 0 Å². The summed E-state index contributed by atoms with van der Waals surface area (Å²) in [5.74, 6) is -0.247. The minimum atomic E-state index is -0.596. The number of hydrogen-bond acceptors (Lipinski definition) is 2. The maximum absolute atomic E-state index is 13.4. The number of carbonyl (C=O) groups excluding carboxylic acids is 2. The first-order chi connectivity index (χ1) is 15.4. The van der Waals surface area contributed by atoms with Crippen LogP contribution in [0.5, 0.6) is 0 Å². The predicted molar refractivity (Wildman–Crippen MR) is 131 cm³/mol. The molecule has 32 heavy (non-hydrogen) atoms. The minimum Gasteiger partial charge on any atom is -0.352 e. The third-order valence-electron chi connectivity index (χ3n) is 6.04. The van der Waals surface area contributed by atoms with E-state index in [0.717, 1.165) is 31.2 Å². The molecule has 172 valence electrons. The van der Waals surface area contributed by atoms with E-state index in [1.54, 1.807) is 23.1 Å². The average Bonchev–Trinajstić information content (AvgIpc) is 3.27. The van der Waals surface area contributed by atoms with Gasteiger partial charge in [-0.1, -0.05) is 78.8 Å². The molecule has 2 aromatic carbocycles. The number of rotatable bonds is 9. The van der Waals surface area contributed by atoms with Crippen LogP contribution in [0.15, 0.2) is 42.5 Å². The highest BCUT2D eigenvalue weighted by atomic mass is 35.5. The fraction of sp³-hybridized carbons (Fsp3) is 0.440. The largest absolute Gasteiger partial charge is 0.352 e. The number of carbonyl (C=O) groups is 2. The van der Waals surface area contributed by atoms with Crippen LogP contribution in [0.3, 0.4) is 0 Å². The number of amides is 2. The van der Waals surface area contributed by atoms with E-state index in [4.69, 9.17) is 34.8 Å². The lowest BCUT2D eigenvalue weighted by atomic mass is 10.1. The summed E-state index contributed by atoms with van der Waals surface area (Å²) in [6, 6.07) is 12.3. The Morgan fingerprint density at radius 3 is 2.25 bits per heavy atom. The molecule has 1 N–H and O–H groups in total. The minimum absolute atomic E-state index is 0.117. The van der Waals surface area contributed by atoms with Crippen molar-refractivity contribution in [1.29, 1.82) is 0 Å². The van der Waals surface area contributed by atoms with Crippen molar-refractivity contribution >= 4 is 46.6 Å². The second-order valence-corrected chi connectivity index (χ2v) is 9.45. The Labute approximate surface area is 205 Å². The molecule has 0 radical (unpaired) electrons. The summed E-state index contributed by atoms with van der Waals surface area (Å²) in [6.07, 6.45) is 5.44. The fourth-order valence-electron chi connectivity index (χ4n) is 4.23. The van der Waals surface area contributed by atoms with Gasteiger partial charge in [0.15, 0.2) is 0 Å². The van der Waals surface area contributed by atoms with Crippen LogP contribution in [-0.4, -0.2) is 28.8 Å². The van der Waals surface area contributed by atoms with Gasteiger partial charge in [0.25, 0.3) is 0 Å². The Bertz CT molecular complexity index is 924. The van der Waals surface area contributed by atoms with Crippen LogP contribution in [0.25, 0.3) is 0 Å². The molecule has 1 aliphatic carbocycles. The molecule has 0 spiro atoms. The molecule has 2 amide bonds. The zero-order chi connectivity index (χ0) is 23.1. The van der Waals surface area contributed by atoms with Crippen LogP contribution < -0.4 is 5.32 Å². The normalized spacial score (nSPS) is 14.9. The lowest BCUT2D eigenvalue weighted by molar-refractivity contribution is -0.141. The third kappa shape index (κ3) is 6.40. The average molecular weight is 496 g/mol. The molecule has 2 aromatic rings. The molecule has 0 saturated heterocycles. The second kappa shape index (κ2) is 11.9. The molecule has 3 rings (SSSR count). The zero-order valence-electron chi connectivity index (χ0n) is 18.3. The molecule has 0 heterocycles. The molecular weight excluding hydrogens is 467 g/mol. The summed E-state index contributed by atoms with van der Waals surface area (Å²) in [5.41, 5.74) is 1.55. The van der Waals surface area contributed by atoms with Gasteiger partial charge in [-0.3, -0.25) is 9.59 Å². The molecule has 4 nitrogen and oxygen atoms in total. The molecule has 1 fully saturated rings. The second-order valence-electron chi connectivity index (χ2n) is 8.23. The number of halogens is 3. The first kappa shape index (κ1) is 24.9. The monoisotopic (exact) mass is 494 g/mol. The highest BCUT2D eigenvalue weighted by molar-refractivity contribution is 6.36. The van der Waals surface area contributed by atoms with E-state index in [1.165, 1.54) is 0 Å². The topological polar surface area (TPSA) is 49.4 Å². The third-order valence-corrected chi connectivity index (χ3v) is 7.12. The molecule has 0 unspecified atom stereocenters. The first-order valence-electron chi connectivity index (χ1n) is 11.2. The van der Waals surface area contributed by atoms with Crippen molar-refractivity contribution in [2.75, 3.05) is 0 Å². The molecule has 1 atom stereocenters. The van der Waals surface area contributed by atoms with Gasteiger partial charge < -0.3 is 10.2 Å². The Kier molecular flexibility index (Phi) is 9.27. The van der Waals surface area contributed by atoms with Crippen molar-refractivity contribution in [1.82, 2.24) is 10.2 Å². The Hall–Kier alpha value is -1.75. The van der Waals surface area contributed by atoms with Crippen molar-refractivity contribution in [3.63, 3.8) is 0 Å². The summed E-state index contributed by atoms with van der Waals surface area (Å²) in [4.78, 5) is 28.2. The molecule has 7 heteroatoms. The number of hydrogen-bond donors (Lipinski definition) is 1. The van der Waals surface area contributed by atoms with Gasteiger partial charge in [0, 0.05) is 39.6 Å². The van der Waals surface area contributed by atoms with Crippen molar-refractivity contribution in [3.8, 4) is 0 Å². The highest BCUT2D eigenvalue weighted by Crippen LogP contribution is 2.28. The summed E-state index contributed by atoms with van der Waals surface area (Å²) in [6.45, 7) is 2.10. The number of nitrogens with one attached hydrogen (secondary N) is 1. The first-order valence-corrected chi connectivity index (χ1v) is 12.3. The molecule has 0 aliphatic heterocycles. The zero-order valence-corrected chi connectivity index (χ0v) is 20.5. The van der Waals surface area contributed by atoms with Crippen LogP contribution in [0.2, 0.25) is 15.1 Å².